The van der Waals surface area contributed by atoms with Gasteiger partial charge in [-0.05, 0) is 63.3 Å². The Morgan fingerprint density at radius 2 is 0.917 bits per heavy atom. The SMILES string of the molecule is C[Si](C)(C)O[C@H](C/C=C/COCc1ccccc1)[C@@H](C/C=C/COCc1ccccc1)O[Si](C)(C)C. The van der Waals surface area contributed by atoms with Gasteiger partial charge in [-0.2, -0.15) is 0 Å². The van der Waals surface area contributed by atoms with E-state index in [1.807, 2.05) is 36.4 Å². The van der Waals surface area contributed by atoms with Crippen molar-refractivity contribution < 1.29 is 18.3 Å². The van der Waals surface area contributed by atoms with Crippen molar-refractivity contribution >= 4 is 16.6 Å². The van der Waals surface area contributed by atoms with E-state index in [0.717, 1.165) is 12.8 Å². The van der Waals surface area contributed by atoms with E-state index in [0.29, 0.717) is 26.4 Å². The van der Waals surface area contributed by atoms with Crippen molar-refractivity contribution in [3.8, 4) is 0 Å². The molecule has 2 rings (SSSR count). The van der Waals surface area contributed by atoms with Crippen LogP contribution in [0, 0.1) is 0 Å². The fourth-order valence-corrected chi connectivity index (χ4v) is 6.01. The maximum Gasteiger partial charge on any atom is 0.184 e. The average molecular weight is 527 g/mol. The topological polar surface area (TPSA) is 36.9 Å². The molecule has 0 spiro atoms. The summed E-state index contributed by atoms with van der Waals surface area (Å²) in [6.45, 7) is 15.9. The summed E-state index contributed by atoms with van der Waals surface area (Å²) in [7, 11) is -3.51. The lowest BCUT2D eigenvalue weighted by atomic mass is 10.1. The molecule has 0 heterocycles. The lowest BCUT2D eigenvalue weighted by Gasteiger charge is -2.35. The lowest BCUT2D eigenvalue weighted by Crippen LogP contribution is -2.44. The second kappa shape index (κ2) is 16.1. The molecule has 0 aromatic heterocycles. The van der Waals surface area contributed by atoms with E-state index >= 15 is 0 Å². The van der Waals surface area contributed by atoms with Gasteiger partial charge in [0.1, 0.15) is 0 Å². The van der Waals surface area contributed by atoms with E-state index in [4.69, 9.17) is 18.3 Å². The van der Waals surface area contributed by atoms with Gasteiger partial charge in [-0.3, -0.25) is 0 Å². The molecular weight excluding hydrogens is 480 g/mol. The average Bonchev–Trinajstić information content (AvgIpc) is 2.82. The number of ether oxygens (including phenoxy) is 2. The molecule has 4 nitrogen and oxygen atoms in total. The summed E-state index contributed by atoms with van der Waals surface area (Å²) < 4.78 is 24.9. The standard InChI is InChI=1S/C30H46O4Si2/c1-35(2,3)33-29(21-13-15-23-31-25-27-17-9-7-10-18-27)30(34-36(4,5)6)22-14-16-24-32-26-28-19-11-8-12-20-28/h7-20,29-30H,21-26H2,1-6H3/b15-13+,16-14+/t29-,30-/m1/s1. The molecule has 0 aliphatic heterocycles. The molecule has 0 aliphatic rings. The van der Waals surface area contributed by atoms with Crippen LogP contribution in [0.4, 0.5) is 0 Å². The highest BCUT2D eigenvalue weighted by Gasteiger charge is 2.30. The summed E-state index contributed by atoms with van der Waals surface area (Å²) in [4.78, 5) is 0. The Bertz CT molecular complexity index is 811. The van der Waals surface area contributed by atoms with Crippen molar-refractivity contribution in [3.05, 3.63) is 96.1 Å². The molecular formula is C30H46O4Si2. The van der Waals surface area contributed by atoms with Crippen molar-refractivity contribution in [2.24, 2.45) is 0 Å². The Hall–Kier alpha value is -1.81. The molecule has 36 heavy (non-hydrogen) atoms. The Kier molecular flexibility index (Phi) is 13.6. The van der Waals surface area contributed by atoms with Crippen LogP contribution in [0.25, 0.3) is 0 Å². The molecule has 0 fully saturated rings. The quantitative estimate of drug-likeness (QED) is 0.120. The first-order valence-electron chi connectivity index (χ1n) is 13.0. The second-order valence-corrected chi connectivity index (χ2v) is 19.9. The number of rotatable bonds is 17. The Morgan fingerprint density at radius 1 is 0.556 bits per heavy atom. The first kappa shape index (κ1) is 30.4. The minimum atomic E-state index is -1.75. The van der Waals surface area contributed by atoms with Crippen LogP contribution in [0.15, 0.2) is 85.0 Å². The van der Waals surface area contributed by atoms with E-state index in [9.17, 15) is 0 Å². The molecule has 0 amide bonds. The number of hydrogen-bond donors (Lipinski definition) is 0. The zero-order valence-electron chi connectivity index (χ0n) is 23.1. The van der Waals surface area contributed by atoms with Crippen LogP contribution in [-0.4, -0.2) is 42.1 Å². The first-order valence-corrected chi connectivity index (χ1v) is 19.8. The fourth-order valence-electron chi connectivity index (χ4n) is 3.69. The lowest BCUT2D eigenvalue weighted by molar-refractivity contribution is 0.0472. The molecule has 0 saturated heterocycles. The summed E-state index contributed by atoms with van der Waals surface area (Å²) in [5.74, 6) is 0. The maximum atomic E-state index is 6.64. The van der Waals surface area contributed by atoms with Crippen LogP contribution >= 0.6 is 0 Å². The molecule has 0 bridgehead atoms. The molecule has 0 radical (unpaired) electrons. The summed E-state index contributed by atoms with van der Waals surface area (Å²) in [5.41, 5.74) is 2.38. The highest BCUT2D eigenvalue weighted by atomic mass is 28.4. The third-order valence-corrected chi connectivity index (χ3v) is 7.17. The highest BCUT2D eigenvalue weighted by molar-refractivity contribution is 6.70. The Labute approximate surface area is 221 Å². The third kappa shape index (κ3) is 14.7. The van der Waals surface area contributed by atoms with Crippen molar-refractivity contribution in [3.63, 3.8) is 0 Å². The second-order valence-electron chi connectivity index (χ2n) is 11.0. The first-order chi connectivity index (χ1) is 17.1. The normalized spacial score (nSPS) is 14.5. The van der Waals surface area contributed by atoms with Gasteiger partial charge in [0, 0.05) is 0 Å². The molecule has 0 N–H and O–H groups in total. The van der Waals surface area contributed by atoms with Gasteiger partial charge in [0.15, 0.2) is 16.6 Å². The number of hydrogen-bond acceptors (Lipinski definition) is 4. The molecule has 0 saturated carbocycles. The summed E-state index contributed by atoms with van der Waals surface area (Å²) in [6.07, 6.45) is 10.2. The van der Waals surface area contributed by atoms with Gasteiger partial charge in [-0.25, -0.2) is 0 Å². The van der Waals surface area contributed by atoms with Gasteiger partial charge in [0.25, 0.3) is 0 Å². The molecule has 2 atom stereocenters. The Balaban J connectivity index is 1.90. The number of benzene rings is 2. The van der Waals surface area contributed by atoms with E-state index < -0.39 is 16.6 Å². The van der Waals surface area contributed by atoms with Crippen molar-refractivity contribution in [2.45, 2.75) is 77.5 Å². The molecule has 2 aromatic carbocycles. The monoisotopic (exact) mass is 526 g/mol. The minimum Gasteiger partial charge on any atom is -0.412 e. The fraction of sp³-hybridized carbons (Fsp3) is 0.467. The third-order valence-electron chi connectivity index (χ3n) is 5.15. The largest absolute Gasteiger partial charge is 0.412 e. The predicted octanol–water partition coefficient (Wildman–Crippen LogP) is 7.75. The summed E-state index contributed by atoms with van der Waals surface area (Å²) >= 11 is 0. The van der Waals surface area contributed by atoms with E-state index in [1.54, 1.807) is 0 Å². The van der Waals surface area contributed by atoms with Gasteiger partial charge >= 0.3 is 0 Å². The van der Waals surface area contributed by atoms with Crippen LogP contribution in [0.5, 0.6) is 0 Å². The van der Waals surface area contributed by atoms with Gasteiger partial charge in [0.2, 0.25) is 0 Å². The molecule has 0 aliphatic carbocycles. The van der Waals surface area contributed by atoms with Crippen LogP contribution in [-0.2, 0) is 31.5 Å². The zero-order chi connectivity index (χ0) is 26.3. The zero-order valence-corrected chi connectivity index (χ0v) is 25.1. The van der Waals surface area contributed by atoms with Crippen LogP contribution < -0.4 is 0 Å². The van der Waals surface area contributed by atoms with Gasteiger partial charge in [0.05, 0.1) is 38.6 Å². The summed E-state index contributed by atoms with van der Waals surface area (Å²) in [5, 5.41) is 0. The highest BCUT2D eigenvalue weighted by Crippen LogP contribution is 2.22. The van der Waals surface area contributed by atoms with Crippen LogP contribution in [0.2, 0.25) is 39.3 Å². The smallest absolute Gasteiger partial charge is 0.184 e. The van der Waals surface area contributed by atoms with Gasteiger partial charge in [-0.1, -0.05) is 85.0 Å². The minimum absolute atomic E-state index is 0.0173. The van der Waals surface area contributed by atoms with E-state index in [1.165, 1.54) is 11.1 Å². The van der Waals surface area contributed by atoms with Gasteiger partial charge < -0.3 is 18.3 Å². The van der Waals surface area contributed by atoms with E-state index in [-0.39, 0.29) is 12.2 Å². The maximum absolute atomic E-state index is 6.64. The van der Waals surface area contributed by atoms with Crippen molar-refractivity contribution in [2.75, 3.05) is 13.2 Å². The Morgan fingerprint density at radius 3 is 1.25 bits per heavy atom. The molecule has 2 aromatic rings. The van der Waals surface area contributed by atoms with Crippen LogP contribution in [0.1, 0.15) is 24.0 Å². The van der Waals surface area contributed by atoms with Crippen molar-refractivity contribution in [1.82, 2.24) is 0 Å². The van der Waals surface area contributed by atoms with Gasteiger partial charge in [-0.15, -0.1) is 0 Å². The molecule has 198 valence electrons. The predicted molar refractivity (Wildman–Crippen MR) is 156 cm³/mol. The van der Waals surface area contributed by atoms with Crippen LogP contribution in [0.3, 0.4) is 0 Å². The van der Waals surface area contributed by atoms with E-state index in [2.05, 4.69) is 87.9 Å². The molecule has 6 heteroatoms. The van der Waals surface area contributed by atoms with Crippen molar-refractivity contribution in [1.29, 1.82) is 0 Å². The summed E-state index contributed by atoms with van der Waals surface area (Å²) in [6, 6.07) is 20.5. The molecule has 0 unspecified atom stereocenters.